The molecular weight excluding hydrogens is 376 g/mol. The van der Waals surface area contributed by atoms with E-state index in [9.17, 15) is 4.79 Å². The van der Waals surface area contributed by atoms with Gasteiger partial charge in [-0.1, -0.05) is 54.6 Å². The van der Waals surface area contributed by atoms with E-state index >= 15 is 0 Å². The third kappa shape index (κ3) is 4.54. The van der Waals surface area contributed by atoms with Crippen molar-refractivity contribution in [3.63, 3.8) is 0 Å². The summed E-state index contributed by atoms with van der Waals surface area (Å²) in [6, 6.07) is 22.2. The number of anilines is 1. The third-order valence-electron chi connectivity index (χ3n) is 5.25. The average Bonchev–Trinajstić information content (AvgIpc) is 2.78. The van der Waals surface area contributed by atoms with Crippen LogP contribution in [0.1, 0.15) is 17.9 Å². The van der Waals surface area contributed by atoms with Crippen LogP contribution in [0.25, 0.3) is 10.8 Å². The van der Waals surface area contributed by atoms with Crippen LogP contribution >= 0.6 is 0 Å². The van der Waals surface area contributed by atoms with Gasteiger partial charge in [0.25, 0.3) is 0 Å². The first-order chi connectivity index (χ1) is 14.7. The fourth-order valence-electron chi connectivity index (χ4n) is 3.78. The molecule has 0 spiro atoms. The molecule has 6 heteroatoms. The fraction of sp³-hybridized carbons (Fsp3) is 0.250. The lowest BCUT2D eigenvalue weighted by Crippen LogP contribution is -2.42. The standard InChI is InChI=1S/C24H26N4O2/c1-25-24(27-16-18-15-23(29)28-21-11-5-4-9-19(18)21)26-13-14-30-22-12-6-8-17-7-2-3-10-20(17)22/h2-12,18H,13-16H2,1H3,(H,28,29)(H2,25,26,27). The summed E-state index contributed by atoms with van der Waals surface area (Å²) in [5.41, 5.74) is 2.05. The van der Waals surface area contributed by atoms with Gasteiger partial charge in [-0.2, -0.15) is 0 Å². The van der Waals surface area contributed by atoms with E-state index in [4.69, 9.17) is 4.74 Å². The quantitative estimate of drug-likeness (QED) is 0.335. The molecule has 1 unspecified atom stereocenters. The summed E-state index contributed by atoms with van der Waals surface area (Å²) in [5.74, 6) is 1.73. The van der Waals surface area contributed by atoms with Crippen molar-refractivity contribution < 1.29 is 9.53 Å². The minimum absolute atomic E-state index is 0.0481. The maximum absolute atomic E-state index is 12.0. The number of aliphatic imine (C=N–C) groups is 1. The van der Waals surface area contributed by atoms with E-state index in [-0.39, 0.29) is 11.8 Å². The summed E-state index contributed by atoms with van der Waals surface area (Å²) in [6.07, 6.45) is 0.463. The van der Waals surface area contributed by atoms with E-state index in [1.165, 1.54) is 0 Å². The van der Waals surface area contributed by atoms with Gasteiger partial charge < -0.3 is 20.7 Å². The van der Waals surface area contributed by atoms with Gasteiger partial charge in [0, 0.05) is 37.0 Å². The molecule has 6 nitrogen and oxygen atoms in total. The Morgan fingerprint density at radius 3 is 2.77 bits per heavy atom. The van der Waals surface area contributed by atoms with Crippen molar-refractivity contribution in [3.8, 4) is 5.75 Å². The van der Waals surface area contributed by atoms with E-state index in [1.54, 1.807) is 7.05 Å². The van der Waals surface area contributed by atoms with E-state index in [2.05, 4.69) is 45.2 Å². The van der Waals surface area contributed by atoms with Crippen LogP contribution in [-0.4, -0.2) is 38.6 Å². The van der Waals surface area contributed by atoms with Crippen LogP contribution in [0.15, 0.2) is 71.7 Å². The van der Waals surface area contributed by atoms with Gasteiger partial charge in [-0.05, 0) is 23.1 Å². The maximum atomic E-state index is 12.0. The van der Waals surface area contributed by atoms with Gasteiger partial charge in [0.1, 0.15) is 12.4 Å². The highest BCUT2D eigenvalue weighted by Gasteiger charge is 2.24. The predicted molar refractivity (Wildman–Crippen MR) is 121 cm³/mol. The first kappa shape index (κ1) is 19.8. The van der Waals surface area contributed by atoms with Crippen LogP contribution < -0.4 is 20.7 Å². The molecule has 0 aromatic heterocycles. The number of fused-ring (bicyclic) bond motifs is 2. The number of benzene rings is 3. The van der Waals surface area contributed by atoms with Crippen LogP contribution in [0, 0.1) is 0 Å². The fourth-order valence-corrected chi connectivity index (χ4v) is 3.78. The topological polar surface area (TPSA) is 74.8 Å². The number of carbonyl (C=O) groups excluding carboxylic acids is 1. The molecule has 1 atom stereocenters. The average molecular weight is 402 g/mol. The number of carbonyl (C=O) groups is 1. The van der Waals surface area contributed by atoms with Crippen molar-refractivity contribution in [1.29, 1.82) is 0 Å². The Kier molecular flexibility index (Phi) is 6.13. The zero-order valence-corrected chi connectivity index (χ0v) is 17.0. The van der Waals surface area contributed by atoms with Gasteiger partial charge in [-0.3, -0.25) is 9.79 Å². The van der Waals surface area contributed by atoms with Gasteiger partial charge in [-0.25, -0.2) is 0 Å². The summed E-state index contributed by atoms with van der Waals surface area (Å²) < 4.78 is 5.97. The Morgan fingerprint density at radius 2 is 1.87 bits per heavy atom. The number of amides is 1. The number of guanidine groups is 1. The van der Waals surface area contributed by atoms with Gasteiger partial charge in [0.05, 0.1) is 6.54 Å². The number of rotatable bonds is 6. The SMILES string of the molecule is CN=C(NCCOc1cccc2ccccc12)NCC1CC(=O)Nc2ccccc21. The van der Waals surface area contributed by atoms with E-state index < -0.39 is 0 Å². The molecule has 30 heavy (non-hydrogen) atoms. The summed E-state index contributed by atoms with van der Waals surface area (Å²) in [5, 5.41) is 11.8. The lowest BCUT2D eigenvalue weighted by molar-refractivity contribution is -0.116. The zero-order chi connectivity index (χ0) is 20.8. The molecular formula is C24H26N4O2. The number of nitrogens with zero attached hydrogens (tertiary/aromatic N) is 1. The smallest absolute Gasteiger partial charge is 0.225 e. The lowest BCUT2D eigenvalue weighted by Gasteiger charge is -2.26. The summed E-state index contributed by atoms with van der Waals surface area (Å²) in [7, 11) is 1.74. The monoisotopic (exact) mass is 402 g/mol. The molecule has 0 fully saturated rings. The van der Waals surface area contributed by atoms with Crippen LogP contribution in [0.3, 0.4) is 0 Å². The Hall–Kier alpha value is -3.54. The van der Waals surface area contributed by atoms with Crippen LogP contribution in [0.4, 0.5) is 5.69 Å². The summed E-state index contributed by atoms with van der Waals surface area (Å²) >= 11 is 0. The third-order valence-corrected chi connectivity index (χ3v) is 5.25. The molecule has 3 aromatic rings. The second-order valence-electron chi connectivity index (χ2n) is 7.24. The number of ether oxygens (including phenoxy) is 1. The molecule has 1 heterocycles. The minimum atomic E-state index is 0.0481. The Bertz CT molecular complexity index is 1060. The molecule has 1 aliphatic heterocycles. The van der Waals surface area contributed by atoms with E-state index in [0.717, 1.165) is 27.8 Å². The highest BCUT2D eigenvalue weighted by Crippen LogP contribution is 2.31. The number of para-hydroxylation sites is 1. The molecule has 3 N–H and O–H groups in total. The molecule has 0 aliphatic carbocycles. The van der Waals surface area contributed by atoms with Crippen molar-refractivity contribution in [3.05, 3.63) is 72.3 Å². The van der Waals surface area contributed by atoms with Crippen LogP contribution in [0.5, 0.6) is 5.75 Å². The highest BCUT2D eigenvalue weighted by molar-refractivity contribution is 5.95. The molecule has 0 saturated carbocycles. The zero-order valence-electron chi connectivity index (χ0n) is 17.0. The van der Waals surface area contributed by atoms with Gasteiger partial charge in [-0.15, -0.1) is 0 Å². The van der Waals surface area contributed by atoms with Gasteiger partial charge in [0.15, 0.2) is 5.96 Å². The predicted octanol–water partition coefficient (Wildman–Crippen LogP) is 3.51. The molecule has 4 rings (SSSR count). The van der Waals surface area contributed by atoms with Gasteiger partial charge in [0.2, 0.25) is 5.91 Å². The normalized spacial score (nSPS) is 16.0. The maximum Gasteiger partial charge on any atom is 0.225 e. The minimum Gasteiger partial charge on any atom is -0.491 e. The van der Waals surface area contributed by atoms with Crippen molar-refractivity contribution in [2.45, 2.75) is 12.3 Å². The van der Waals surface area contributed by atoms with Crippen LogP contribution in [0.2, 0.25) is 0 Å². The first-order valence-electron chi connectivity index (χ1n) is 10.2. The van der Waals surface area contributed by atoms with E-state index in [1.807, 2.05) is 42.5 Å². The Morgan fingerprint density at radius 1 is 1.07 bits per heavy atom. The highest BCUT2D eigenvalue weighted by atomic mass is 16.5. The number of hydrogen-bond acceptors (Lipinski definition) is 3. The molecule has 0 bridgehead atoms. The second-order valence-corrected chi connectivity index (χ2v) is 7.24. The van der Waals surface area contributed by atoms with Crippen molar-refractivity contribution in [2.75, 3.05) is 32.1 Å². The van der Waals surface area contributed by atoms with Crippen molar-refractivity contribution in [1.82, 2.24) is 10.6 Å². The van der Waals surface area contributed by atoms with Gasteiger partial charge >= 0.3 is 0 Å². The number of hydrogen-bond donors (Lipinski definition) is 3. The molecule has 1 aliphatic rings. The Labute approximate surface area is 176 Å². The van der Waals surface area contributed by atoms with Crippen LogP contribution in [-0.2, 0) is 4.79 Å². The second kappa shape index (κ2) is 9.31. The summed E-state index contributed by atoms with van der Waals surface area (Å²) in [4.78, 5) is 16.3. The molecule has 154 valence electrons. The molecule has 0 radical (unpaired) electrons. The lowest BCUT2D eigenvalue weighted by atomic mass is 9.90. The largest absolute Gasteiger partial charge is 0.491 e. The van der Waals surface area contributed by atoms with Crippen molar-refractivity contribution >= 4 is 28.3 Å². The van der Waals surface area contributed by atoms with Crippen molar-refractivity contribution in [2.24, 2.45) is 4.99 Å². The Balaban J connectivity index is 1.28. The first-order valence-corrected chi connectivity index (χ1v) is 10.2. The molecule has 1 amide bonds. The molecule has 3 aromatic carbocycles. The van der Waals surface area contributed by atoms with E-state index in [0.29, 0.717) is 32.1 Å². The molecule has 0 saturated heterocycles. The summed E-state index contributed by atoms with van der Waals surface area (Å²) in [6.45, 7) is 1.77. The number of nitrogens with one attached hydrogen (secondary N) is 3.